The number of carbonyl (C=O) groups is 2. The number of ether oxygens (including phenoxy) is 1. The van der Waals surface area contributed by atoms with Crippen LogP contribution in [0, 0.1) is 13.8 Å². The number of esters is 1. The van der Waals surface area contributed by atoms with Crippen molar-refractivity contribution in [2.45, 2.75) is 33.4 Å². The zero-order chi connectivity index (χ0) is 20.8. The molecule has 0 saturated carbocycles. The predicted octanol–water partition coefficient (Wildman–Crippen LogP) is 4.33. The van der Waals surface area contributed by atoms with Gasteiger partial charge in [-0.2, -0.15) is 0 Å². The van der Waals surface area contributed by atoms with E-state index in [4.69, 9.17) is 9.15 Å². The molecule has 0 aliphatic rings. The SMILES string of the molecule is Cc1cc(/C=C/C(=O)O[C@@H](C)C(=O)Nc2ccccc2)c(C)n1Cc1ccco1. The molecule has 29 heavy (non-hydrogen) atoms. The topological polar surface area (TPSA) is 73.5 Å². The molecule has 6 nitrogen and oxygen atoms in total. The summed E-state index contributed by atoms with van der Waals surface area (Å²) in [5, 5.41) is 2.71. The van der Waals surface area contributed by atoms with Gasteiger partial charge in [0.1, 0.15) is 5.76 Å². The van der Waals surface area contributed by atoms with Gasteiger partial charge in [-0.15, -0.1) is 0 Å². The number of hydrogen-bond acceptors (Lipinski definition) is 4. The van der Waals surface area contributed by atoms with E-state index in [0.29, 0.717) is 12.2 Å². The highest BCUT2D eigenvalue weighted by Crippen LogP contribution is 2.19. The van der Waals surface area contributed by atoms with Gasteiger partial charge in [-0.1, -0.05) is 18.2 Å². The minimum absolute atomic E-state index is 0.380. The number of anilines is 1. The average Bonchev–Trinajstić information content (AvgIpc) is 3.31. The number of aryl methyl sites for hydroxylation is 1. The van der Waals surface area contributed by atoms with Gasteiger partial charge in [0.25, 0.3) is 5.91 Å². The zero-order valence-electron chi connectivity index (χ0n) is 16.7. The van der Waals surface area contributed by atoms with Crippen molar-refractivity contribution in [1.29, 1.82) is 0 Å². The van der Waals surface area contributed by atoms with Gasteiger partial charge >= 0.3 is 5.97 Å². The van der Waals surface area contributed by atoms with Gasteiger partial charge in [-0.3, -0.25) is 4.79 Å². The van der Waals surface area contributed by atoms with Crippen LogP contribution < -0.4 is 5.32 Å². The van der Waals surface area contributed by atoms with Crippen molar-refractivity contribution in [3.05, 3.63) is 83.6 Å². The Hall–Kier alpha value is -3.54. The van der Waals surface area contributed by atoms with Crippen LogP contribution >= 0.6 is 0 Å². The van der Waals surface area contributed by atoms with Crippen molar-refractivity contribution in [2.75, 3.05) is 5.32 Å². The monoisotopic (exact) mass is 392 g/mol. The zero-order valence-corrected chi connectivity index (χ0v) is 16.7. The molecule has 0 fully saturated rings. The van der Waals surface area contributed by atoms with E-state index in [1.54, 1.807) is 31.4 Å². The molecule has 0 bridgehead atoms. The fourth-order valence-electron chi connectivity index (χ4n) is 2.99. The first-order valence-electron chi connectivity index (χ1n) is 9.37. The molecule has 0 aliphatic heterocycles. The summed E-state index contributed by atoms with van der Waals surface area (Å²) in [6.45, 7) is 6.15. The first-order chi connectivity index (χ1) is 13.9. The molecule has 1 N–H and O–H groups in total. The molecule has 1 aromatic carbocycles. The van der Waals surface area contributed by atoms with Crippen LogP contribution in [-0.4, -0.2) is 22.5 Å². The quantitative estimate of drug-likeness (QED) is 0.480. The van der Waals surface area contributed by atoms with E-state index in [-0.39, 0.29) is 5.91 Å². The van der Waals surface area contributed by atoms with E-state index in [0.717, 1.165) is 22.7 Å². The molecule has 6 heteroatoms. The standard InChI is InChI=1S/C23H24N2O4/c1-16-14-19(17(2)25(16)15-21-10-7-13-28-21)11-12-22(26)29-18(3)23(27)24-20-8-5-4-6-9-20/h4-14,18H,15H2,1-3H3,(H,24,27)/b12-11+/t18-/m0/s1. The Morgan fingerprint density at radius 2 is 1.93 bits per heavy atom. The summed E-state index contributed by atoms with van der Waals surface area (Å²) in [6, 6.07) is 14.8. The predicted molar refractivity (Wildman–Crippen MR) is 111 cm³/mol. The molecule has 1 atom stereocenters. The minimum Gasteiger partial charge on any atom is -0.467 e. The lowest BCUT2D eigenvalue weighted by Crippen LogP contribution is -2.29. The molecule has 150 valence electrons. The number of hydrogen-bond donors (Lipinski definition) is 1. The molecular formula is C23H24N2O4. The summed E-state index contributed by atoms with van der Waals surface area (Å²) in [5.74, 6) is -0.0916. The largest absolute Gasteiger partial charge is 0.467 e. The smallest absolute Gasteiger partial charge is 0.331 e. The number of rotatable bonds is 7. The molecule has 1 amide bonds. The Morgan fingerprint density at radius 3 is 2.62 bits per heavy atom. The molecular weight excluding hydrogens is 368 g/mol. The maximum atomic E-state index is 12.2. The number of furan rings is 1. The molecule has 0 spiro atoms. The number of amides is 1. The van der Waals surface area contributed by atoms with Crippen molar-refractivity contribution >= 4 is 23.6 Å². The Labute approximate surface area is 169 Å². The molecule has 0 radical (unpaired) electrons. The van der Waals surface area contributed by atoms with E-state index in [2.05, 4.69) is 9.88 Å². The van der Waals surface area contributed by atoms with Crippen LogP contribution in [0.1, 0.15) is 29.6 Å². The Bertz CT molecular complexity index is 1000. The summed E-state index contributed by atoms with van der Waals surface area (Å²) in [5.41, 5.74) is 3.63. The summed E-state index contributed by atoms with van der Waals surface area (Å²) in [4.78, 5) is 24.3. The third-order valence-electron chi connectivity index (χ3n) is 4.61. The van der Waals surface area contributed by atoms with Gasteiger partial charge in [0.15, 0.2) is 6.10 Å². The lowest BCUT2D eigenvalue weighted by Gasteiger charge is -2.12. The van der Waals surface area contributed by atoms with E-state index in [9.17, 15) is 9.59 Å². The average molecular weight is 392 g/mol. The third-order valence-corrected chi connectivity index (χ3v) is 4.61. The summed E-state index contributed by atoms with van der Waals surface area (Å²) in [6.07, 6.45) is 3.78. The Kier molecular flexibility index (Phi) is 6.34. The summed E-state index contributed by atoms with van der Waals surface area (Å²) in [7, 11) is 0. The van der Waals surface area contributed by atoms with Crippen LogP contribution in [0.5, 0.6) is 0 Å². The van der Waals surface area contributed by atoms with Crippen molar-refractivity contribution in [3.63, 3.8) is 0 Å². The van der Waals surface area contributed by atoms with Crippen molar-refractivity contribution in [3.8, 4) is 0 Å². The van der Waals surface area contributed by atoms with Gasteiger partial charge in [0.2, 0.25) is 0 Å². The molecule has 2 heterocycles. The van der Waals surface area contributed by atoms with Crippen LogP contribution in [0.15, 0.2) is 65.3 Å². The maximum Gasteiger partial charge on any atom is 0.331 e. The van der Waals surface area contributed by atoms with E-state index in [1.165, 1.54) is 6.08 Å². The second-order valence-electron chi connectivity index (χ2n) is 6.76. The maximum absolute atomic E-state index is 12.2. The van der Waals surface area contributed by atoms with Gasteiger partial charge in [-0.05, 0) is 62.7 Å². The number of nitrogens with one attached hydrogen (secondary N) is 1. The van der Waals surface area contributed by atoms with Crippen LogP contribution in [-0.2, 0) is 20.9 Å². The van der Waals surface area contributed by atoms with Crippen LogP contribution in [0.4, 0.5) is 5.69 Å². The molecule has 0 aliphatic carbocycles. The van der Waals surface area contributed by atoms with Crippen LogP contribution in [0.2, 0.25) is 0 Å². The highest BCUT2D eigenvalue weighted by atomic mass is 16.5. The van der Waals surface area contributed by atoms with E-state index >= 15 is 0 Å². The minimum atomic E-state index is -0.904. The number of para-hydroxylation sites is 1. The highest BCUT2D eigenvalue weighted by Gasteiger charge is 2.17. The first-order valence-corrected chi connectivity index (χ1v) is 9.37. The number of benzene rings is 1. The number of aromatic nitrogens is 1. The second-order valence-corrected chi connectivity index (χ2v) is 6.76. The molecule has 2 aromatic heterocycles. The van der Waals surface area contributed by atoms with Crippen molar-refractivity contribution in [2.24, 2.45) is 0 Å². The van der Waals surface area contributed by atoms with E-state index in [1.807, 2.05) is 50.2 Å². The Morgan fingerprint density at radius 1 is 1.17 bits per heavy atom. The Balaban J connectivity index is 1.59. The van der Waals surface area contributed by atoms with Gasteiger partial charge in [0.05, 0.1) is 12.8 Å². The lowest BCUT2D eigenvalue weighted by atomic mass is 10.2. The van der Waals surface area contributed by atoms with Crippen LogP contribution in [0.25, 0.3) is 6.08 Å². The summed E-state index contributed by atoms with van der Waals surface area (Å²) >= 11 is 0. The van der Waals surface area contributed by atoms with Gasteiger partial charge in [-0.25, -0.2) is 4.79 Å². The lowest BCUT2D eigenvalue weighted by molar-refractivity contribution is -0.148. The van der Waals surface area contributed by atoms with Gasteiger partial charge < -0.3 is 19.0 Å². The molecule has 3 aromatic rings. The molecule has 0 saturated heterocycles. The van der Waals surface area contributed by atoms with Crippen molar-refractivity contribution in [1.82, 2.24) is 4.57 Å². The van der Waals surface area contributed by atoms with Crippen LogP contribution in [0.3, 0.4) is 0 Å². The first kappa shape index (κ1) is 20.2. The summed E-state index contributed by atoms with van der Waals surface area (Å²) < 4.78 is 12.7. The molecule has 0 unspecified atom stereocenters. The second kappa shape index (κ2) is 9.10. The van der Waals surface area contributed by atoms with E-state index < -0.39 is 12.1 Å². The number of carbonyl (C=O) groups excluding carboxylic acids is 2. The number of nitrogens with zero attached hydrogens (tertiary/aromatic N) is 1. The third kappa shape index (κ3) is 5.25. The fraction of sp³-hybridized carbons (Fsp3) is 0.217. The van der Waals surface area contributed by atoms with Crippen molar-refractivity contribution < 1.29 is 18.7 Å². The highest BCUT2D eigenvalue weighted by molar-refractivity contribution is 5.96. The normalized spacial score (nSPS) is 12.1. The van der Waals surface area contributed by atoms with Gasteiger partial charge in [0, 0.05) is 23.2 Å². The molecule has 3 rings (SSSR count). The fourth-order valence-corrected chi connectivity index (χ4v) is 2.99.